The molecule has 0 spiro atoms. The molecule has 0 bridgehead atoms. The largest absolute Gasteiger partial charge is 0.293 e. The summed E-state index contributed by atoms with van der Waals surface area (Å²) in [5, 5.41) is 19.1. The van der Waals surface area contributed by atoms with Gasteiger partial charge in [0.15, 0.2) is 6.19 Å². The van der Waals surface area contributed by atoms with E-state index in [1.807, 2.05) is 6.07 Å². The van der Waals surface area contributed by atoms with E-state index in [0.29, 0.717) is 11.3 Å². The molecule has 0 saturated heterocycles. The van der Waals surface area contributed by atoms with Crippen molar-refractivity contribution in [3.63, 3.8) is 0 Å². The zero-order chi connectivity index (χ0) is 8.10. The Morgan fingerprint density at radius 1 is 1.09 bits per heavy atom. The van der Waals surface area contributed by atoms with Gasteiger partial charge in [0.1, 0.15) is 0 Å². The van der Waals surface area contributed by atoms with Crippen LogP contribution in [0.5, 0.6) is 0 Å². The maximum Gasteiger partial charge on any atom is 0.181 e. The van der Waals surface area contributed by atoms with Gasteiger partial charge in [-0.15, -0.1) is 0 Å². The Morgan fingerprint density at radius 2 is 1.73 bits per heavy atom. The van der Waals surface area contributed by atoms with E-state index in [9.17, 15) is 0 Å². The van der Waals surface area contributed by atoms with E-state index in [1.54, 1.807) is 30.5 Å². The van der Waals surface area contributed by atoms with Crippen molar-refractivity contribution < 1.29 is 0 Å². The number of rotatable bonds is 1. The summed E-state index contributed by atoms with van der Waals surface area (Å²) >= 11 is 0. The molecule has 0 atom stereocenters. The average molecular weight is 143 g/mol. The predicted molar refractivity (Wildman–Crippen MR) is 40.4 cm³/mol. The summed E-state index contributed by atoms with van der Waals surface area (Å²) in [7, 11) is 0. The topological polar surface area (TPSA) is 59.6 Å². The van der Waals surface area contributed by atoms with Gasteiger partial charge >= 0.3 is 0 Å². The van der Waals surface area contributed by atoms with Crippen molar-refractivity contribution in [2.75, 3.05) is 5.32 Å². The van der Waals surface area contributed by atoms with Crippen LogP contribution in [0.3, 0.4) is 0 Å². The molecular weight excluding hydrogens is 138 g/mol. The Labute approximate surface area is 64.5 Å². The number of hydrogen-bond donors (Lipinski definition) is 1. The van der Waals surface area contributed by atoms with Gasteiger partial charge in [-0.3, -0.25) is 5.32 Å². The fourth-order valence-corrected chi connectivity index (χ4v) is 0.693. The van der Waals surface area contributed by atoms with Crippen LogP contribution >= 0.6 is 0 Å². The first kappa shape index (κ1) is 7.11. The maximum absolute atomic E-state index is 8.42. The molecule has 52 valence electrons. The summed E-state index contributed by atoms with van der Waals surface area (Å²) in [5.41, 5.74) is 1.29. The summed E-state index contributed by atoms with van der Waals surface area (Å²) in [6, 6.07) is 8.66. The zero-order valence-electron chi connectivity index (χ0n) is 5.70. The Kier molecular flexibility index (Phi) is 2.09. The molecule has 0 heterocycles. The molecule has 3 nitrogen and oxygen atoms in total. The van der Waals surface area contributed by atoms with Crippen molar-refractivity contribution in [2.24, 2.45) is 0 Å². The van der Waals surface area contributed by atoms with Crippen LogP contribution in [0.4, 0.5) is 5.69 Å². The van der Waals surface area contributed by atoms with Gasteiger partial charge in [-0.1, -0.05) is 0 Å². The fraction of sp³-hybridized carbons (Fsp3) is 0. The van der Waals surface area contributed by atoms with E-state index in [1.165, 1.54) is 0 Å². The van der Waals surface area contributed by atoms with Crippen molar-refractivity contribution in [3.05, 3.63) is 29.8 Å². The summed E-state index contributed by atoms with van der Waals surface area (Å²) < 4.78 is 0. The summed E-state index contributed by atoms with van der Waals surface area (Å²) in [6.45, 7) is 0. The molecule has 0 unspecified atom stereocenters. The number of nitrogens with one attached hydrogen (secondary N) is 1. The highest BCUT2D eigenvalue weighted by Crippen LogP contribution is 2.07. The maximum atomic E-state index is 8.42. The normalized spacial score (nSPS) is 7.82. The summed E-state index contributed by atoms with van der Waals surface area (Å²) in [4.78, 5) is 0. The van der Waals surface area contributed by atoms with E-state index in [2.05, 4.69) is 5.32 Å². The third-order valence-corrected chi connectivity index (χ3v) is 1.21. The molecule has 1 aromatic rings. The smallest absolute Gasteiger partial charge is 0.181 e. The van der Waals surface area contributed by atoms with Gasteiger partial charge in [-0.2, -0.15) is 10.5 Å². The van der Waals surface area contributed by atoms with E-state index in [0.717, 1.165) is 0 Å². The van der Waals surface area contributed by atoms with Crippen LogP contribution in [-0.2, 0) is 0 Å². The Balaban J connectivity index is 2.87. The molecule has 0 fully saturated rings. The molecule has 0 saturated carbocycles. The Hall–Kier alpha value is -2.00. The molecule has 3 heteroatoms. The number of nitriles is 2. The van der Waals surface area contributed by atoms with Crippen LogP contribution in [0.25, 0.3) is 0 Å². The minimum atomic E-state index is 0.591. The summed E-state index contributed by atoms with van der Waals surface area (Å²) in [5.74, 6) is 0. The van der Waals surface area contributed by atoms with Gasteiger partial charge < -0.3 is 0 Å². The molecule has 0 aliphatic carbocycles. The second-order valence-electron chi connectivity index (χ2n) is 1.93. The Morgan fingerprint density at radius 3 is 2.18 bits per heavy atom. The molecule has 0 aliphatic rings. The van der Waals surface area contributed by atoms with E-state index in [4.69, 9.17) is 10.5 Å². The minimum absolute atomic E-state index is 0.591. The fourth-order valence-electron chi connectivity index (χ4n) is 0.693. The number of benzene rings is 1. The van der Waals surface area contributed by atoms with Gasteiger partial charge in [0.2, 0.25) is 0 Å². The van der Waals surface area contributed by atoms with Gasteiger partial charge in [0.25, 0.3) is 0 Å². The predicted octanol–water partition coefficient (Wildman–Crippen LogP) is 1.45. The molecule has 0 aliphatic heterocycles. The van der Waals surface area contributed by atoms with Crippen molar-refractivity contribution in [1.29, 1.82) is 10.5 Å². The van der Waals surface area contributed by atoms with E-state index < -0.39 is 0 Å². The third kappa shape index (κ3) is 1.70. The van der Waals surface area contributed by atoms with E-state index >= 15 is 0 Å². The molecule has 0 radical (unpaired) electrons. The lowest BCUT2D eigenvalue weighted by Gasteiger charge is -1.94. The van der Waals surface area contributed by atoms with Crippen LogP contribution in [0.15, 0.2) is 24.3 Å². The highest BCUT2D eigenvalue weighted by molar-refractivity contribution is 5.49. The second-order valence-corrected chi connectivity index (χ2v) is 1.93. The molecule has 1 N–H and O–H groups in total. The van der Waals surface area contributed by atoms with Crippen molar-refractivity contribution in [1.82, 2.24) is 0 Å². The van der Waals surface area contributed by atoms with E-state index in [-0.39, 0.29) is 0 Å². The van der Waals surface area contributed by atoms with Gasteiger partial charge in [0, 0.05) is 5.69 Å². The van der Waals surface area contributed by atoms with Crippen molar-refractivity contribution in [2.45, 2.75) is 0 Å². The van der Waals surface area contributed by atoms with Crippen LogP contribution < -0.4 is 5.32 Å². The molecule has 1 aromatic carbocycles. The lowest BCUT2D eigenvalue weighted by Crippen LogP contribution is -1.85. The first-order chi connectivity index (χ1) is 5.36. The van der Waals surface area contributed by atoms with Gasteiger partial charge in [-0.25, -0.2) is 0 Å². The molecule has 1 rings (SSSR count). The van der Waals surface area contributed by atoms with Crippen LogP contribution in [0.1, 0.15) is 5.56 Å². The zero-order valence-corrected chi connectivity index (χ0v) is 5.70. The molecule has 11 heavy (non-hydrogen) atoms. The first-order valence-corrected chi connectivity index (χ1v) is 3.02. The summed E-state index contributed by atoms with van der Waals surface area (Å²) in [6.07, 6.45) is 1.79. The highest BCUT2D eigenvalue weighted by Gasteiger charge is 1.89. The van der Waals surface area contributed by atoms with Crippen molar-refractivity contribution in [3.8, 4) is 12.3 Å². The van der Waals surface area contributed by atoms with Gasteiger partial charge in [0.05, 0.1) is 11.6 Å². The molecule has 0 aromatic heterocycles. The SMILES string of the molecule is N#CNc1ccc(C#N)cc1. The van der Waals surface area contributed by atoms with Gasteiger partial charge in [-0.05, 0) is 24.3 Å². The van der Waals surface area contributed by atoms with Crippen LogP contribution in [0.2, 0.25) is 0 Å². The highest BCUT2D eigenvalue weighted by atomic mass is 14.9. The number of anilines is 1. The van der Waals surface area contributed by atoms with Crippen LogP contribution in [0, 0.1) is 22.8 Å². The van der Waals surface area contributed by atoms with Crippen LogP contribution in [-0.4, -0.2) is 0 Å². The monoisotopic (exact) mass is 143 g/mol. The van der Waals surface area contributed by atoms with Crippen molar-refractivity contribution >= 4 is 5.69 Å². The lowest BCUT2D eigenvalue weighted by molar-refractivity contribution is 1.45. The standard InChI is InChI=1S/C8H5N3/c9-5-7-1-3-8(4-2-7)11-6-10/h1-4,11H. The number of nitrogens with zero attached hydrogens (tertiary/aromatic N) is 2. The molecular formula is C8H5N3. The third-order valence-electron chi connectivity index (χ3n) is 1.21. The Bertz CT molecular complexity index is 313. The quantitative estimate of drug-likeness (QED) is 0.478. The number of hydrogen-bond acceptors (Lipinski definition) is 3. The average Bonchev–Trinajstić information content (AvgIpc) is 2.07. The minimum Gasteiger partial charge on any atom is -0.293 e. The second kappa shape index (κ2) is 3.24. The first-order valence-electron chi connectivity index (χ1n) is 3.02. The molecule has 0 amide bonds. The lowest BCUT2D eigenvalue weighted by atomic mass is 10.2.